The van der Waals surface area contributed by atoms with E-state index in [1.54, 1.807) is 18.2 Å². The minimum Gasteiger partial charge on any atom is -0.371 e. The molecule has 0 aliphatic carbocycles. The quantitative estimate of drug-likeness (QED) is 0.614. The molecule has 1 fully saturated rings. The summed E-state index contributed by atoms with van der Waals surface area (Å²) in [5.41, 5.74) is 2.87. The van der Waals surface area contributed by atoms with Gasteiger partial charge in [0.15, 0.2) is 0 Å². The molecule has 0 radical (unpaired) electrons. The first-order chi connectivity index (χ1) is 13.6. The Morgan fingerprint density at radius 2 is 1.96 bits per heavy atom. The number of carbonyl (C=O) groups is 1. The van der Waals surface area contributed by atoms with Crippen LogP contribution in [0.4, 0.5) is 5.69 Å². The highest BCUT2D eigenvalue weighted by Gasteiger charge is 2.22. The number of nitrogens with one attached hydrogen (secondary N) is 3. The van der Waals surface area contributed by atoms with Crippen LogP contribution >= 0.6 is 11.6 Å². The van der Waals surface area contributed by atoms with E-state index in [2.05, 4.69) is 20.2 Å². The first-order valence-corrected chi connectivity index (χ1v) is 9.56. The number of hydrogen-bond donors (Lipinski definition) is 3. The summed E-state index contributed by atoms with van der Waals surface area (Å²) in [7, 11) is 0. The lowest BCUT2D eigenvalue weighted by atomic mass is 10.1. The number of fused-ring (bicyclic) bond motifs is 1. The van der Waals surface area contributed by atoms with Crippen LogP contribution < -0.4 is 11.0 Å². The molecule has 3 aromatic rings. The fourth-order valence-corrected chi connectivity index (χ4v) is 3.50. The van der Waals surface area contributed by atoms with Crippen molar-refractivity contribution in [2.24, 2.45) is 0 Å². The number of aromatic amines is 2. The zero-order valence-corrected chi connectivity index (χ0v) is 16.0. The number of benzene rings is 2. The zero-order chi connectivity index (χ0) is 19.5. The Kier molecular flexibility index (Phi) is 5.47. The molecule has 1 aromatic heterocycles. The van der Waals surface area contributed by atoms with Crippen molar-refractivity contribution in [2.75, 3.05) is 31.6 Å². The summed E-state index contributed by atoms with van der Waals surface area (Å²) in [6.07, 6.45) is 0.372. The fourth-order valence-electron chi connectivity index (χ4n) is 3.38. The molecule has 0 bridgehead atoms. The van der Waals surface area contributed by atoms with Crippen molar-refractivity contribution in [3.8, 4) is 0 Å². The number of ether oxygens (including phenoxy) is 1. The van der Waals surface area contributed by atoms with Gasteiger partial charge in [0.05, 0.1) is 23.7 Å². The standard InChI is InChI=1S/C20H21ClN4O3/c21-14-3-1-13(2-4-14)18-12-25(9-10-28-18)8-7-19(26)22-15-5-6-16-17(11-15)24-20(27)23-16/h1-6,11,18H,7-10,12H2,(H,22,26)(H2,23,24,27)/t18-/m0/s1. The van der Waals surface area contributed by atoms with Crippen LogP contribution in [-0.4, -0.2) is 47.0 Å². The third kappa shape index (κ3) is 4.44. The van der Waals surface area contributed by atoms with Crippen LogP contribution in [-0.2, 0) is 9.53 Å². The maximum atomic E-state index is 12.3. The van der Waals surface area contributed by atoms with E-state index >= 15 is 0 Å². The van der Waals surface area contributed by atoms with Gasteiger partial charge in [0.2, 0.25) is 5.91 Å². The molecule has 1 aliphatic rings. The molecule has 8 heteroatoms. The van der Waals surface area contributed by atoms with E-state index in [0.717, 1.165) is 18.7 Å². The molecule has 1 aliphatic heterocycles. The number of rotatable bonds is 5. The molecule has 0 saturated carbocycles. The molecule has 4 rings (SSSR count). The maximum Gasteiger partial charge on any atom is 0.323 e. The first kappa shape index (κ1) is 18.7. The second kappa shape index (κ2) is 8.18. The Labute approximate surface area is 166 Å². The van der Waals surface area contributed by atoms with Gasteiger partial charge in [0, 0.05) is 36.8 Å². The van der Waals surface area contributed by atoms with Crippen molar-refractivity contribution in [3.05, 3.63) is 63.5 Å². The van der Waals surface area contributed by atoms with Gasteiger partial charge in [-0.15, -0.1) is 0 Å². The van der Waals surface area contributed by atoms with E-state index in [4.69, 9.17) is 16.3 Å². The highest BCUT2D eigenvalue weighted by Crippen LogP contribution is 2.24. The van der Waals surface area contributed by atoms with Gasteiger partial charge in [-0.25, -0.2) is 4.79 Å². The van der Waals surface area contributed by atoms with E-state index in [9.17, 15) is 9.59 Å². The van der Waals surface area contributed by atoms with Gasteiger partial charge < -0.3 is 20.0 Å². The average Bonchev–Trinajstić information content (AvgIpc) is 3.06. The summed E-state index contributed by atoms with van der Waals surface area (Å²) in [6, 6.07) is 13.0. The predicted octanol–water partition coefficient (Wildman–Crippen LogP) is 2.91. The first-order valence-electron chi connectivity index (χ1n) is 9.18. The van der Waals surface area contributed by atoms with Crippen LogP contribution in [0.15, 0.2) is 47.3 Å². The lowest BCUT2D eigenvalue weighted by Gasteiger charge is -2.33. The molecule has 2 heterocycles. The summed E-state index contributed by atoms with van der Waals surface area (Å²) in [4.78, 5) is 31.2. The number of H-pyrrole nitrogens is 2. The van der Waals surface area contributed by atoms with Crippen LogP contribution in [0.3, 0.4) is 0 Å². The van der Waals surface area contributed by atoms with Gasteiger partial charge in [0.1, 0.15) is 0 Å². The summed E-state index contributed by atoms with van der Waals surface area (Å²) in [5.74, 6) is -0.0632. The molecule has 1 amide bonds. The lowest BCUT2D eigenvalue weighted by molar-refractivity contribution is -0.117. The Morgan fingerprint density at radius 1 is 1.18 bits per heavy atom. The molecule has 2 aromatic carbocycles. The van der Waals surface area contributed by atoms with Gasteiger partial charge in [-0.05, 0) is 35.9 Å². The number of nitrogens with zero attached hydrogens (tertiary/aromatic N) is 1. The van der Waals surface area contributed by atoms with Crippen molar-refractivity contribution >= 4 is 34.2 Å². The number of hydrogen-bond acceptors (Lipinski definition) is 4. The van der Waals surface area contributed by atoms with Gasteiger partial charge in [-0.3, -0.25) is 9.69 Å². The molecular formula is C20H21ClN4O3. The predicted molar refractivity (Wildman–Crippen MR) is 109 cm³/mol. The highest BCUT2D eigenvalue weighted by molar-refractivity contribution is 6.30. The van der Waals surface area contributed by atoms with Crippen LogP contribution in [0.2, 0.25) is 5.02 Å². The number of carbonyl (C=O) groups excluding carboxylic acids is 1. The van der Waals surface area contributed by atoms with Gasteiger partial charge in [-0.1, -0.05) is 23.7 Å². The third-order valence-electron chi connectivity index (χ3n) is 4.85. The summed E-state index contributed by atoms with van der Waals surface area (Å²) >= 11 is 5.95. The van der Waals surface area contributed by atoms with E-state index in [0.29, 0.717) is 41.3 Å². The van der Waals surface area contributed by atoms with Crippen molar-refractivity contribution in [3.63, 3.8) is 0 Å². The van der Waals surface area contributed by atoms with Crippen molar-refractivity contribution in [1.29, 1.82) is 0 Å². The van der Waals surface area contributed by atoms with E-state index in [-0.39, 0.29) is 17.7 Å². The maximum absolute atomic E-state index is 12.3. The highest BCUT2D eigenvalue weighted by atomic mass is 35.5. The Hall–Kier alpha value is -2.61. The number of halogens is 1. The van der Waals surface area contributed by atoms with Crippen LogP contribution in [0.1, 0.15) is 18.1 Å². The van der Waals surface area contributed by atoms with E-state index in [1.165, 1.54) is 0 Å². The molecule has 7 nitrogen and oxygen atoms in total. The normalized spacial score (nSPS) is 17.7. The molecule has 1 atom stereocenters. The van der Waals surface area contributed by atoms with E-state index in [1.807, 2.05) is 24.3 Å². The molecule has 146 valence electrons. The minimum atomic E-state index is -0.263. The smallest absolute Gasteiger partial charge is 0.323 e. The largest absolute Gasteiger partial charge is 0.371 e. The monoisotopic (exact) mass is 400 g/mol. The molecule has 1 saturated heterocycles. The number of imidazole rings is 1. The van der Waals surface area contributed by atoms with Crippen molar-refractivity contribution in [2.45, 2.75) is 12.5 Å². The van der Waals surface area contributed by atoms with Gasteiger partial charge in [-0.2, -0.15) is 0 Å². The van der Waals surface area contributed by atoms with Crippen LogP contribution in [0.5, 0.6) is 0 Å². The van der Waals surface area contributed by atoms with Crippen LogP contribution in [0, 0.1) is 0 Å². The fraction of sp³-hybridized carbons (Fsp3) is 0.300. The average molecular weight is 401 g/mol. The molecular weight excluding hydrogens is 380 g/mol. The van der Waals surface area contributed by atoms with Gasteiger partial charge >= 0.3 is 5.69 Å². The summed E-state index contributed by atoms with van der Waals surface area (Å²) in [6.45, 7) is 2.83. The second-order valence-electron chi connectivity index (χ2n) is 6.85. The van der Waals surface area contributed by atoms with Crippen molar-refractivity contribution < 1.29 is 9.53 Å². The minimum absolute atomic E-state index is 0.0121. The second-order valence-corrected chi connectivity index (χ2v) is 7.29. The Bertz CT molecular complexity index is 1030. The molecule has 3 N–H and O–H groups in total. The zero-order valence-electron chi connectivity index (χ0n) is 15.2. The van der Waals surface area contributed by atoms with Gasteiger partial charge in [0.25, 0.3) is 0 Å². The number of anilines is 1. The molecule has 28 heavy (non-hydrogen) atoms. The molecule has 0 unspecified atom stereocenters. The Morgan fingerprint density at radius 3 is 2.79 bits per heavy atom. The third-order valence-corrected chi connectivity index (χ3v) is 5.10. The summed E-state index contributed by atoms with van der Waals surface area (Å²) in [5, 5.41) is 3.59. The lowest BCUT2D eigenvalue weighted by Crippen LogP contribution is -2.39. The topological polar surface area (TPSA) is 90.2 Å². The van der Waals surface area contributed by atoms with Crippen molar-refractivity contribution in [1.82, 2.24) is 14.9 Å². The molecule has 0 spiro atoms. The van der Waals surface area contributed by atoms with Crippen LogP contribution in [0.25, 0.3) is 11.0 Å². The number of morpholine rings is 1. The SMILES string of the molecule is O=C(CCN1CCO[C@H](c2ccc(Cl)cc2)C1)Nc1ccc2[nH]c(=O)[nH]c2c1. The van der Waals surface area contributed by atoms with E-state index < -0.39 is 0 Å². The number of amides is 1. The number of aromatic nitrogens is 2. The summed E-state index contributed by atoms with van der Waals surface area (Å²) < 4.78 is 5.86. The Balaban J connectivity index is 1.31.